The summed E-state index contributed by atoms with van der Waals surface area (Å²) in [5.74, 6) is -0.808. The van der Waals surface area contributed by atoms with Crippen molar-refractivity contribution in [3.05, 3.63) is 83.9 Å². The first-order valence-electron chi connectivity index (χ1n) is 11.9. The monoisotopic (exact) mass is 492 g/mol. The third kappa shape index (κ3) is 8.35. The second-order valence-corrected chi connectivity index (χ2v) is 8.83. The number of amides is 3. The van der Waals surface area contributed by atoms with Crippen LogP contribution in [0, 0.1) is 5.82 Å². The highest BCUT2D eigenvalue weighted by atomic mass is 19.1. The molecule has 0 aliphatic carbocycles. The fourth-order valence-electron chi connectivity index (χ4n) is 3.71. The number of pyridine rings is 1. The maximum absolute atomic E-state index is 13.5. The molecule has 3 aromatic rings. The van der Waals surface area contributed by atoms with Crippen LogP contribution in [0.3, 0.4) is 0 Å². The average Bonchev–Trinajstić information content (AvgIpc) is 2.84. The minimum atomic E-state index is -0.444. The summed E-state index contributed by atoms with van der Waals surface area (Å²) < 4.78 is 13.5. The molecule has 36 heavy (non-hydrogen) atoms. The molecule has 1 aromatic heterocycles. The van der Waals surface area contributed by atoms with Crippen LogP contribution in [0.25, 0.3) is 0 Å². The molecule has 0 spiro atoms. The first-order chi connectivity index (χ1) is 17.3. The predicted octanol–water partition coefficient (Wildman–Crippen LogP) is 5.04. The standard InChI is InChI=1S/C27H33FN6O2/c1-34(2)16-7-3-4-12-23(33-27(36)31-21-10-8-9-20(28)17-21)19-14-15-25(30-18-19)26(35)32-24-13-6-5-11-22(24)29/h5-6,8-11,13-15,17-18,23H,3-4,7,12,16,29H2,1-2H3,(H,32,35)(H2,31,33,36). The lowest BCUT2D eigenvalue weighted by molar-refractivity contribution is 0.102. The lowest BCUT2D eigenvalue weighted by atomic mass is 10.0. The Kier molecular flexibility index (Phi) is 9.76. The van der Waals surface area contributed by atoms with Crippen molar-refractivity contribution < 1.29 is 14.0 Å². The fourth-order valence-corrected chi connectivity index (χ4v) is 3.71. The molecular formula is C27H33FN6O2. The summed E-state index contributed by atoms with van der Waals surface area (Å²) in [6.07, 6.45) is 5.24. The largest absolute Gasteiger partial charge is 0.397 e. The van der Waals surface area contributed by atoms with Crippen molar-refractivity contribution in [3.63, 3.8) is 0 Å². The van der Waals surface area contributed by atoms with E-state index in [0.717, 1.165) is 31.4 Å². The molecule has 0 saturated heterocycles. The number of aromatic nitrogens is 1. The Morgan fingerprint density at radius 3 is 2.50 bits per heavy atom. The number of carbonyl (C=O) groups excluding carboxylic acids is 2. The van der Waals surface area contributed by atoms with Gasteiger partial charge >= 0.3 is 6.03 Å². The molecule has 0 aliphatic rings. The number of carbonyl (C=O) groups is 2. The summed E-state index contributed by atoms with van der Waals surface area (Å²) in [4.78, 5) is 31.7. The molecule has 1 atom stereocenters. The average molecular weight is 493 g/mol. The van der Waals surface area contributed by atoms with Gasteiger partial charge in [0.15, 0.2) is 0 Å². The van der Waals surface area contributed by atoms with E-state index in [0.29, 0.717) is 23.5 Å². The van der Waals surface area contributed by atoms with Gasteiger partial charge in [-0.1, -0.05) is 37.1 Å². The zero-order valence-electron chi connectivity index (χ0n) is 20.6. The molecular weight excluding hydrogens is 459 g/mol. The third-order valence-electron chi connectivity index (χ3n) is 5.62. The Labute approximate surface area is 211 Å². The first-order valence-corrected chi connectivity index (χ1v) is 11.9. The number of hydrogen-bond acceptors (Lipinski definition) is 5. The summed E-state index contributed by atoms with van der Waals surface area (Å²) in [5, 5.41) is 8.38. The first kappa shape index (κ1) is 26.6. The van der Waals surface area contributed by atoms with Gasteiger partial charge in [0.05, 0.1) is 17.4 Å². The third-order valence-corrected chi connectivity index (χ3v) is 5.62. The van der Waals surface area contributed by atoms with Crippen LogP contribution in [0.5, 0.6) is 0 Å². The van der Waals surface area contributed by atoms with Crippen molar-refractivity contribution in [2.24, 2.45) is 0 Å². The van der Waals surface area contributed by atoms with E-state index in [1.54, 1.807) is 48.7 Å². The van der Waals surface area contributed by atoms with Gasteiger partial charge in [0.25, 0.3) is 5.91 Å². The number of nitrogens with zero attached hydrogens (tertiary/aromatic N) is 2. The van der Waals surface area contributed by atoms with E-state index in [-0.39, 0.29) is 17.6 Å². The summed E-state index contributed by atoms with van der Waals surface area (Å²) in [6, 6.07) is 15.3. The quantitative estimate of drug-likeness (QED) is 0.221. The van der Waals surface area contributed by atoms with Crippen molar-refractivity contribution >= 4 is 29.0 Å². The van der Waals surface area contributed by atoms with E-state index in [1.165, 1.54) is 18.2 Å². The normalized spacial score (nSPS) is 11.7. The SMILES string of the molecule is CN(C)CCCCCC(NC(=O)Nc1cccc(F)c1)c1ccc(C(=O)Nc2ccccc2N)nc1. The van der Waals surface area contributed by atoms with Gasteiger partial charge in [-0.3, -0.25) is 9.78 Å². The van der Waals surface area contributed by atoms with Crippen LogP contribution in [0.4, 0.5) is 26.2 Å². The molecule has 3 rings (SSSR count). The van der Waals surface area contributed by atoms with E-state index in [1.807, 2.05) is 14.1 Å². The molecule has 0 fully saturated rings. The van der Waals surface area contributed by atoms with Crippen LogP contribution in [0.1, 0.15) is 47.8 Å². The molecule has 0 aliphatic heterocycles. The second-order valence-electron chi connectivity index (χ2n) is 8.83. The molecule has 1 heterocycles. The summed E-state index contributed by atoms with van der Waals surface area (Å²) >= 11 is 0. The molecule has 0 radical (unpaired) electrons. The topological polar surface area (TPSA) is 112 Å². The number of anilines is 3. The molecule has 0 saturated carbocycles. The summed E-state index contributed by atoms with van der Waals surface area (Å²) in [5.41, 5.74) is 8.24. The zero-order chi connectivity index (χ0) is 25.9. The number of hydrogen-bond donors (Lipinski definition) is 4. The highest BCUT2D eigenvalue weighted by Crippen LogP contribution is 2.22. The Balaban J connectivity index is 1.67. The lowest BCUT2D eigenvalue weighted by Gasteiger charge is -2.20. The van der Waals surface area contributed by atoms with Crippen molar-refractivity contribution in [1.82, 2.24) is 15.2 Å². The van der Waals surface area contributed by atoms with Crippen molar-refractivity contribution in [3.8, 4) is 0 Å². The van der Waals surface area contributed by atoms with Crippen LogP contribution in [0.15, 0.2) is 66.9 Å². The number of unbranched alkanes of at least 4 members (excludes halogenated alkanes) is 2. The van der Waals surface area contributed by atoms with Crippen LogP contribution in [-0.4, -0.2) is 42.5 Å². The molecule has 9 heteroatoms. The minimum Gasteiger partial charge on any atom is -0.397 e. The fraction of sp³-hybridized carbons (Fsp3) is 0.296. The molecule has 5 N–H and O–H groups in total. The highest BCUT2D eigenvalue weighted by molar-refractivity contribution is 6.04. The van der Waals surface area contributed by atoms with Gasteiger partial charge in [-0.2, -0.15) is 0 Å². The summed E-state index contributed by atoms with van der Waals surface area (Å²) in [6.45, 7) is 0.995. The van der Waals surface area contributed by atoms with Crippen molar-refractivity contribution in [2.45, 2.75) is 31.7 Å². The zero-order valence-corrected chi connectivity index (χ0v) is 20.6. The molecule has 8 nitrogen and oxygen atoms in total. The van der Waals surface area contributed by atoms with Crippen molar-refractivity contribution in [1.29, 1.82) is 0 Å². The van der Waals surface area contributed by atoms with E-state index < -0.39 is 11.8 Å². The number of nitrogens with two attached hydrogens (primary N) is 1. The Hall–Kier alpha value is -3.98. The van der Waals surface area contributed by atoms with Gasteiger partial charge in [-0.05, 0) is 75.4 Å². The molecule has 1 unspecified atom stereocenters. The van der Waals surface area contributed by atoms with Crippen LogP contribution < -0.4 is 21.7 Å². The Morgan fingerprint density at radius 1 is 1.00 bits per heavy atom. The molecule has 190 valence electrons. The Morgan fingerprint density at radius 2 is 1.81 bits per heavy atom. The number of halogens is 1. The number of benzene rings is 2. The van der Waals surface area contributed by atoms with Gasteiger partial charge < -0.3 is 26.6 Å². The Bertz CT molecular complexity index is 1150. The number of para-hydroxylation sites is 2. The highest BCUT2D eigenvalue weighted by Gasteiger charge is 2.17. The predicted molar refractivity (Wildman–Crippen MR) is 141 cm³/mol. The van der Waals surface area contributed by atoms with Crippen LogP contribution in [-0.2, 0) is 0 Å². The van der Waals surface area contributed by atoms with E-state index in [9.17, 15) is 14.0 Å². The molecule has 2 aromatic carbocycles. The van der Waals surface area contributed by atoms with Gasteiger partial charge in [0.2, 0.25) is 0 Å². The van der Waals surface area contributed by atoms with E-state index in [2.05, 4.69) is 25.8 Å². The molecule has 3 amide bonds. The van der Waals surface area contributed by atoms with Gasteiger partial charge in [-0.15, -0.1) is 0 Å². The van der Waals surface area contributed by atoms with E-state index >= 15 is 0 Å². The number of nitrogens with one attached hydrogen (secondary N) is 3. The lowest BCUT2D eigenvalue weighted by Crippen LogP contribution is -2.32. The van der Waals surface area contributed by atoms with Gasteiger partial charge in [-0.25, -0.2) is 9.18 Å². The van der Waals surface area contributed by atoms with E-state index in [4.69, 9.17) is 5.73 Å². The maximum Gasteiger partial charge on any atom is 0.319 e. The van der Waals surface area contributed by atoms with Crippen LogP contribution in [0.2, 0.25) is 0 Å². The van der Waals surface area contributed by atoms with Gasteiger partial charge in [0.1, 0.15) is 11.5 Å². The summed E-state index contributed by atoms with van der Waals surface area (Å²) in [7, 11) is 4.08. The van der Waals surface area contributed by atoms with Crippen LogP contribution >= 0.6 is 0 Å². The van der Waals surface area contributed by atoms with Crippen molar-refractivity contribution in [2.75, 3.05) is 37.0 Å². The maximum atomic E-state index is 13.5. The number of nitrogen functional groups attached to an aromatic ring is 1. The smallest absolute Gasteiger partial charge is 0.319 e. The molecule has 0 bridgehead atoms. The minimum absolute atomic E-state index is 0.232. The second kappa shape index (κ2) is 13.2. The number of rotatable bonds is 11. The van der Waals surface area contributed by atoms with Gasteiger partial charge in [0, 0.05) is 11.9 Å². The number of urea groups is 1.